The number of benzene rings is 3. The quantitative estimate of drug-likeness (QED) is 0.491. The van der Waals surface area contributed by atoms with E-state index in [4.69, 9.17) is 19.2 Å². The first kappa shape index (κ1) is 18.2. The zero-order valence-electron chi connectivity index (χ0n) is 15.9. The summed E-state index contributed by atoms with van der Waals surface area (Å²) in [6, 6.07) is 15.8. The molecule has 0 aliphatic carbocycles. The summed E-state index contributed by atoms with van der Waals surface area (Å²) >= 11 is 0. The number of fused-ring (bicyclic) bond motifs is 1. The van der Waals surface area contributed by atoms with Crippen molar-refractivity contribution in [3.8, 4) is 51.2 Å². The van der Waals surface area contributed by atoms with E-state index < -0.39 is 0 Å². The van der Waals surface area contributed by atoms with Gasteiger partial charge in [-0.3, -0.25) is 0 Å². The van der Waals surface area contributed by atoms with Crippen LogP contribution >= 0.6 is 0 Å². The van der Waals surface area contributed by atoms with Crippen LogP contribution in [0.3, 0.4) is 0 Å². The van der Waals surface area contributed by atoms with Gasteiger partial charge in [0.1, 0.15) is 17.5 Å². The van der Waals surface area contributed by atoms with Crippen LogP contribution in [-0.4, -0.2) is 23.9 Å². The molecule has 5 nitrogen and oxygen atoms in total. The number of hydrogen-bond donors (Lipinski definition) is 1. The van der Waals surface area contributed by atoms with Gasteiger partial charge in [0, 0.05) is 16.7 Å². The molecule has 0 fully saturated rings. The van der Waals surface area contributed by atoms with Gasteiger partial charge in [-0.2, -0.15) is 0 Å². The molecule has 7 heteroatoms. The van der Waals surface area contributed by atoms with Gasteiger partial charge < -0.3 is 19.2 Å². The van der Waals surface area contributed by atoms with Crippen molar-refractivity contribution >= 4 is 0 Å². The summed E-state index contributed by atoms with van der Waals surface area (Å²) in [4.78, 5) is 8.07. The molecule has 1 aliphatic heterocycles. The van der Waals surface area contributed by atoms with Crippen LogP contribution in [0, 0.1) is 11.6 Å². The number of nitrogens with zero attached hydrogens (tertiary/aromatic N) is 1. The van der Waals surface area contributed by atoms with Crippen molar-refractivity contribution in [2.75, 3.05) is 13.9 Å². The number of H-pyrrole nitrogens is 1. The molecule has 0 unspecified atom stereocenters. The molecule has 1 aliphatic rings. The standard InChI is InChI=1S/C23H16F2N2O3/c1-28-18-10-15(11-19-22(18)30-12-29-19)23-26-20(13-2-6-16(24)7-3-13)21(27-23)14-4-8-17(25)9-5-14/h2-11H,12H2,1H3,(H,26,27). The van der Waals surface area contributed by atoms with Crippen LogP contribution in [-0.2, 0) is 0 Å². The van der Waals surface area contributed by atoms with Crippen molar-refractivity contribution in [3.05, 3.63) is 72.3 Å². The number of ether oxygens (including phenoxy) is 3. The predicted molar refractivity (Wildman–Crippen MR) is 107 cm³/mol. The molecule has 0 saturated carbocycles. The Labute approximate surface area is 170 Å². The third-order valence-corrected chi connectivity index (χ3v) is 4.89. The fourth-order valence-electron chi connectivity index (χ4n) is 3.42. The number of methoxy groups -OCH3 is 1. The van der Waals surface area contributed by atoms with Crippen molar-refractivity contribution in [3.63, 3.8) is 0 Å². The molecule has 0 atom stereocenters. The second-order valence-corrected chi connectivity index (χ2v) is 6.74. The molecule has 4 aromatic rings. The molecule has 0 radical (unpaired) electrons. The van der Waals surface area contributed by atoms with Crippen molar-refractivity contribution < 1.29 is 23.0 Å². The number of aromatic amines is 1. The highest BCUT2D eigenvalue weighted by Crippen LogP contribution is 2.44. The first-order valence-electron chi connectivity index (χ1n) is 9.22. The average molecular weight is 406 g/mol. The van der Waals surface area contributed by atoms with Crippen molar-refractivity contribution in [2.24, 2.45) is 0 Å². The predicted octanol–water partition coefficient (Wildman–Crippen LogP) is 5.43. The van der Waals surface area contributed by atoms with Crippen molar-refractivity contribution in [1.82, 2.24) is 9.97 Å². The van der Waals surface area contributed by atoms with Gasteiger partial charge in [0.2, 0.25) is 12.5 Å². The van der Waals surface area contributed by atoms with E-state index in [0.29, 0.717) is 34.5 Å². The maximum Gasteiger partial charge on any atom is 0.231 e. The lowest BCUT2D eigenvalue weighted by molar-refractivity contribution is 0.171. The number of aromatic nitrogens is 2. The highest BCUT2D eigenvalue weighted by molar-refractivity contribution is 5.82. The molecule has 0 saturated heterocycles. The molecule has 0 bridgehead atoms. The molecule has 2 heterocycles. The van der Waals surface area contributed by atoms with Crippen molar-refractivity contribution in [2.45, 2.75) is 0 Å². The highest BCUT2D eigenvalue weighted by atomic mass is 19.1. The first-order valence-corrected chi connectivity index (χ1v) is 9.22. The minimum Gasteiger partial charge on any atom is -0.493 e. The van der Waals surface area contributed by atoms with Gasteiger partial charge in [0.25, 0.3) is 0 Å². The molecule has 3 aromatic carbocycles. The lowest BCUT2D eigenvalue weighted by Crippen LogP contribution is -1.93. The topological polar surface area (TPSA) is 56.4 Å². The van der Waals surface area contributed by atoms with Crippen LogP contribution in [0.4, 0.5) is 8.78 Å². The fourth-order valence-corrected chi connectivity index (χ4v) is 3.42. The Morgan fingerprint density at radius 1 is 0.867 bits per heavy atom. The van der Waals surface area contributed by atoms with Crippen LogP contribution in [0.15, 0.2) is 60.7 Å². The molecule has 0 amide bonds. The molecule has 1 N–H and O–H groups in total. The SMILES string of the molecule is COc1cc(-c2nc(-c3ccc(F)cc3)c(-c3ccc(F)cc3)[nH]2)cc2c1OCO2. The maximum atomic E-state index is 13.4. The van der Waals surface area contributed by atoms with Crippen LogP contribution in [0.25, 0.3) is 33.9 Å². The van der Waals surface area contributed by atoms with E-state index in [0.717, 1.165) is 16.7 Å². The zero-order valence-corrected chi connectivity index (χ0v) is 15.9. The largest absolute Gasteiger partial charge is 0.493 e. The van der Waals surface area contributed by atoms with Crippen LogP contribution in [0.5, 0.6) is 17.2 Å². The Hall–Kier alpha value is -3.87. The molecular weight excluding hydrogens is 390 g/mol. The Bertz CT molecular complexity index is 1160. The third-order valence-electron chi connectivity index (χ3n) is 4.89. The average Bonchev–Trinajstić information content (AvgIpc) is 3.41. The second kappa shape index (κ2) is 7.18. The third kappa shape index (κ3) is 3.14. The van der Waals surface area contributed by atoms with Crippen LogP contribution in [0.2, 0.25) is 0 Å². The molecule has 5 rings (SSSR count). The normalized spacial score (nSPS) is 12.2. The van der Waals surface area contributed by atoms with E-state index in [1.165, 1.54) is 24.3 Å². The van der Waals surface area contributed by atoms with Gasteiger partial charge in [-0.15, -0.1) is 0 Å². The summed E-state index contributed by atoms with van der Waals surface area (Å²) in [5.74, 6) is 1.53. The molecule has 1 aromatic heterocycles. The summed E-state index contributed by atoms with van der Waals surface area (Å²) in [5, 5.41) is 0. The lowest BCUT2D eigenvalue weighted by Gasteiger charge is -2.06. The zero-order chi connectivity index (χ0) is 20.7. The minimum absolute atomic E-state index is 0.120. The smallest absolute Gasteiger partial charge is 0.231 e. The van der Waals surface area contributed by atoms with Crippen molar-refractivity contribution in [1.29, 1.82) is 0 Å². The summed E-state index contributed by atoms with van der Waals surface area (Å²) in [6.07, 6.45) is 0. The van der Waals surface area contributed by atoms with Gasteiger partial charge in [-0.1, -0.05) is 0 Å². The number of rotatable bonds is 4. The monoisotopic (exact) mass is 406 g/mol. The second-order valence-electron chi connectivity index (χ2n) is 6.74. The van der Waals surface area contributed by atoms with Gasteiger partial charge >= 0.3 is 0 Å². The number of halogens is 2. The van der Waals surface area contributed by atoms with Gasteiger partial charge in [-0.05, 0) is 60.7 Å². The Kier molecular flexibility index (Phi) is 4.35. The van der Waals surface area contributed by atoms with E-state index >= 15 is 0 Å². The maximum absolute atomic E-state index is 13.4. The van der Waals surface area contributed by atoms with Crippen LogP contribution < -0.4 is 14.2 Å². The summed E-state index contributed by atoms with van der Waals surface area (Å²) in [6.45, 7) is 0.120. The van der Waals surface area contributed by atoms with E-state index in [-0.39, 0.29) is 18.4 Å². The molecule has 150 valence electrons. The molecular formula is C23H16F2N2O3. The fraction of sp³-hybridized carbons (Fsp3) is 0.0870. The Morgan fingerprint density at radius 3 is 2.20 bits per heavy atom. The molecule has 0 spiro atoms. The van der Waals surface area contributed by atoms with Gasteiger partial charge in [0.15, 0.2) is 11.5 Å². The molecule has 30 heavy (non-hydrogen) atoms. The van der Waals surface area contributed by atoms with E-state index in [1.54, 1.807) is 37.4 Å². The first-order chi connectivity index (χ1) is 14.6. The Morgan fingerprint density at radius 2 is 1.53 bits per heavy atom. The van der Waals surface area contributed by atoms with Gasteiger partial charge in [-0.25, -0.2) is 13.8 Å². The van der Waals surface area contributed by atoms with E-state index in [2.05, 4.69) is 4.98 Å². The van der Waals surface area contributed by atoms with Crippen LogP contribution in [0.1, 0.15) is 0 Å². The lowest BCUT2D eigenvalue weighted by atomic mass is 10.1. The summed E-state index contributed by atoms with van der Waals surface area (Å²) in [5.41, 5.74) is 3.52. The summed E-state index contributed by atoms with van der Waals surface area (Å²) < 4.78 is 43.3. The number of nitrogens with one attached hydrogen (secondary N) is 1. The summed E-state index contributed by atoms with van der Waals surface area (Å²) in [7, 11) is 1.55. The highest BCUT2D eigenvalue weighted by Gasteiger charge is 2.23. The van der Waals surface area contributed by atoms with E-state index in [1.807, 2.05) is 6.07 Å². The van der Waals surface area contributed by atoms with Gasteiger partial charge in [0.05, 0.1) is 18.5 Å². The number of hydrogen-bond acceptors (Lipinski definition) is 4. The van der Waals surface area contributed by atoms with E-state index in [9.17, 15) is 8.78 Å². The Balaban J connectivity index is 1.68. The minimum atomic E-state index is -0.335. The number of imidazole rings is 1.